The van der Waals surface area contributed by atoms with Crippen LogP contribution in [0.5, 0.6) is 0 Å². The highest BCUT2D eigenvalue weighted by Crippen LogP contribution is 2.21. The number of nitrogen functional groups attached to an aromatic ring is 1. The van der Waals surface area contributed by atoms with Crippen LogP contribution in [0.25, 0.3) is 10.9 Å². The van der Waals surface area contributed by atoms with Gasteiger partial charge in [0.1, 0.15) is 17.7 Å². The van der Waals surface area contributed by atoms with Gasteiger partial charge < -0.3 is 10.7 Å². The molecule has 0 radical (unpaired) electrons. The van der Waals surface area contributed by atoms with Crippen LogP contribution < -0.4 is 11.1 Å². The number of rotatable bonds is 4. The maximum absolute atomic E-state index is 8.50. The maximum atomic E-state index is 8.50. The molecule has 7 nitrogen and oxygen atoms in total. The number of nitrogens with zero attached hydrogens (tertiary/aromatic N) is 3. The zero-order valence-electron chi connectivity index (χ0n) is 12.5. The van der Waals surface area contributed by atoms with Crippen molar-refractivity contribution < 1.29 is 5.32 Å². The summed E-state index contributed by atoms with van der Waals surface area (Å²) >= 11 is 0. The summed E-state index contributed by atoms with van der Waals surface area (Å²) in [6, 6.07) is 4.06. The third kappa shape index (κ3) is 2.53. The van der Waals surface area contributed by atoms with Gasteiger partial charge in [-0.1, -0.05) is 0 Å². The molecule has 3 aromatic heterocycles. The largest absolute Gasteiger partial charge is 0.383 e. The third-order valence-electron chi connectivity index (χ3n) is 3.34. The molecule has 3 rings (SSSR count). The monoisotopic (exact) mass is 296 g/mol. The van der Waals surface area contributed by atoms with Gasteiger partial charge in [0.05, 0.1) is 17.4 Å². The topological polar surface area (TPSA) is 121 Å². The van der Waals surface area contributed by atoms with Gasteiger partial charge in [-0.15, -0.1) is 0 Å². The normalized spacial score (nSPS) is 11.2. The number of quaternary nitrogens is 1. The quantitative estimate of drug-likeness (QED) is 0.536. The number of hydrogen-bond acceptors (Lipinski definition) is 5. The van der Waals surface area contributed by atoms with Gasteiger partial charge >= 0.3 is 0 Å². The number of H-pyrrole nitrogens is 1. The van der Waals surface area contributed by atoms with Crippen LogP contribution in [0.15, 0.2) is 30.9 Å². The standard InChI is InChI=1S/C15H17N7/c1-8(2)21-15-12(14(17)19-7-20-15)13(16)11-5-9-6-18-4-3-10(9)22-11/h3-8,16,22H,1-2H3,(H3,17,19,20,21)/p+1. The van der Waals surface area contributed by atoms with E-state index in [4.69, 9.17) is 11.1 Å². The SMILES string of the molecule is CC(C)[NH2+]c1ncnc(N)c1C(=N)c1cc2cnccc2[nH]1. The molecule has 0 aliphatic rings. The predicted molar refractivity (Wildman–Crippen MR) is 85.2 cm³/mol. The van der Waals surface area contributed by atoms with Crippen LogP contribution in [-0.2, 0) is 0 Å². The lowest BCUT2D eigenvalue weighted by molar-refractivity contribution is -0.606. The lowest BCUT2D eigenvalue weighted by Gasteiger charge is -2.10. The minimum Gasteiger partial charge on any atom is -0.383 e. The average molecular weight is 296 g/mol. The minimum absolute atomic E-state index is 0.279. The van der Waals surface area contributed by atoms with Gasteiger partial charge in [-0.25, -0.2) is 4.98 Å². The zero-order chi connectivity index (χ0) is 15.7. The Hall–Kier alpha value is -2.80. The summed E-state index contributed by atoms with van der Waals surface area (Å²) in [5.74, 6) is 0.993. The predicted octanol–water partition coefficient (Wildman–Crippen LogP) is 0.955. The second-order valence-electron chi connectivity index (χ2n) is 5.45. The summed E-state index contributed by atoms with van der Waals surface area (Å²) in [7, 11) is 0. The first-order valence-corrected chi connectivity index (χ1v) is 7.03. The molecular weight excluding hydrogens is 278 g/mol. The van der Waals surface area contributed by atoms with Crippen LogP contribution in [0.2, 0.25) is 0 Å². The minimum atomic E-state index is 0.279. The number of nitrogens with two attached hydrogens (primary N) is 2. The third-order valence-corrected chi connectivity index (χ3v) is 3.34. The summed E-state index contributed by atoms with van der Waals surface area (Å²) in [6.45, 7) is 4.11. The molecule has 3 heterocycles. The average Bonchev–Trinajstić information content (AvgIpc) is 2.90. The van der Waals surface area contributed by atoms with E-state index in [1.165, 1.54) is 6.33 Å². The number of fused-ring (bicyclic) bond motifs is 1. The Kier molecular flexibility index (Phi) is 3.56. The summed E-state index contributed by atoms with van der Waals surface area (Å²) in [6.07, 6.45) is 4.90. The Morgan fingerprint density at radius 2 is 2.18 bits per heavy atom. The Bertz CT molecular complexity index is 802. The van der Waals surface area contributed by atoms with E-state index in [9.17, 15) is 0 Å². The molecule has 22 heavy (non-hydrogen) atoms. The van der Waals surface area contributed by atoms with Crippen LogP contribution in [0.3, 0.4) is 0 Å². The van der Waals surface area contributed by atoms with Gasteiger partial charge in [-0.05, 0) is 26.0 Å². The van der Waals surface area contributed by atoms with Gasteiger partial charge in [0, 0.05) is 23.3 Å². The molecule has 0 aliphatic carbocycles. The number of aromatic nitrogens is 4. The van der Waals surface area contributed by atoms with Gasteiger partial charge in [0.2, 0.25) is 5.82 Å². The van der Waals surface area contributed by atoms with Crippen molar-refractivity contribution >= 4 is 28.3 Å². The Morgan fingerprint density at radius 3 is 2.91 bits per heavy atom. The van der Waals surface area contributed by atoms with Crippen molar-refractivity contribution in [1.29, 1.82) is 5.41 Å². The van der Waals surface area contributed by atoms with Crippen molar-refractivity contribution in [3.8, 4) is 0 Å². The van der Waals surface area contributed by atoms with Crippen molar-refractivity contribution in [3.05, 3.63) is 42.1 Å². The van der Waals surface area contributed by atoms with Crippen molar-refractivity contribution in [2.75, 3.05) is 5.73 Å². The molecule has 0 fully saturated rings. The van der Waals surface area contributed by atoms with E-state index >= 15 is 0 Å². The van der Waals surface area contributed by atoms with Crippen molar-refractivity contribution in [2.45, 2.75) is 19.9 Å². The zero-order valence-corrected chi connectivity index (χ0v) is 12.5. The number of pyridine rings is 1. The van der Waals surface area contributed by atoms with E-state index < -0.39 is 0 Å². The molecule has 6 N–H and O–H groups in total. The summed E-state index contributed by atoms with van der Waals surface area (Å²) < 4.78 is 0. The second kappa shape index (κ2) is 5.53. The van der Waals surface area contributed by atoms with Crippen molar-refractivity contribution in [3.63, 3.8) is 0 Å². The first kappa shape index (κ1) is 14.2. The van der Waals surface area contributed by atoms with Crippen LogP contribution in [0.1, 0.15) is 25.1 Å². The molecule has 0 amide bonds. The molecule has 0 spiro atoms. The molecule has 0 atom stereocenters. The highest BCUT2D eigenvalue weighted by atomic mass is 15.1. The second-order valence-corrected chi connectivity index (χ2v) is 5.45. The smallest absolute Gasteiger partial charge is 0.239 e. The molecule has 0 aromatic carbocycles. The van der Waals surface area contributed by atoms with E-state index in [-0.39, 0.29) is 5.71 Å². The van der Waals surface area contributed by atoms with Crippen LogP contribution in [0, 0.1) is 5.41 Å². The Labute approximate surface area is 127 Å². The lowest BCUT2D eigenvalue weighted by Crippen LogP contribution is -2.83. The van der Waals surface area contributed by atoms with Gasteiger partial charge in [0.25, 0.3) is 0 Å². The van der Waals surface area contributed by atoms with Gasteiger partial charge in [0.15, 0.2) is 0 Å². The highest BCUT2D eigenvalue weighted by molar-refractivity contribution is 6.15. The van der Waals surface area contributed by atoms with E-state index in [0.717, 1.165) is 10.9 Å². The molecule has 7 heteroatoms. The molecular formula is C15H18N7+. The van der Waals surface area contributed by atoms with Crippen LogP contribution in [-0.4, -0.2) is 31.7 Å². The summed E-state index contributed by atoms with van der Waals surface area (Å²) in [5, 5.41) is 11.4. The first-order valence-electron chi connectivity index (χ1n) is 7.03. The van der Waals surface area contributed by atoms with Crippen LogP contribution >= 0.6 is 0 Å². The lowest BCUT2D eigenvalue weighted by atomic mass is 10.1. The fraction of sp³-hybridized carbons (Fsp3) is 0.200. The number of hydrogen-bond donors (Lipinski definition) is 4. The van der Waals surface area contributed by atoms with Gasteiger partial charge in [-0.3, -0.25) is 15.7 Å². The molecule has 112 valence electrons. The summed E-state index contributed by atoms with van der Waals surface area (Å²) in [4.78, 5) is 15.6. The fourth-order valence-corrected chi connectivity index (χ4v) is 2.35. The molecule has 0 saturated heterocycles. The summed E-state index contributed by atoms with van der Waals surface area (Å²) in [5.41, 5.74) is 8.42. The van der Waals surface area contributed by atoms with Crippen molar-refractivity contribution in [1.82, 2.24) is 19.9 Å². The molecule has 0 bridgehead atoms. The number of aromatic amines is 1. The fourth-order valence-electron chi connectivity index (χ4n) is 2.35. The van der Waals surface area contributed by atoms with E-state index in [1.54, 1.807) is 12.4 Å². The van der Waals surface area contributed by atoms with E-state index in [2.05, 4.69) is 33.8 Å². The number of nitrogens with one attached hydrogen (secondary N) is 2. The molecule has 0 unspecified atom stereocenters. The Morgan fingerprint density at radius 1 is 1.36 bits per heavy atom. The molecule has 0 aliphatic heterocycles. The molecule has 3 aromatic rings. The van der Waals surface area contributed by atoms with Gasteiger partial charge in [-0.2, -0.15) is 4.98 Å². The van der Waals surface area contributed by atoms with E-state index in [0.29, 0.717) is 28.9 Å². The van der Waals surface area contributed by atoms with Crippen molar-refractivity contribution in [2.24, 2.45) is 0 Å². The highest BCUT2D eigenvalue weighted by Gasteiger charge is 2.21. The van der Waals surface area contributed by atoms with Crippen LogP contribution in [0.4, 0.5) is 11.6 Å². The first-order chi connectivity index (χ1) is 10.6. The van der Waals surface area contributed by atoms with E-state index in [1.807, 2.05) is 17.4 Å². The maximum Gasteiger partial charge on any atom is 0.239 e. The molecule has 0 saturated carbocycles. The Balaban J connectivity index is 2.08. The number of anilines is 1.